The fraction of sp³-hybridized carbons (Fsp3) is 0.581. The number of rotatable bonds is 13. The topological polar surface area (TPSA) is 26.3 Å². The summed E-state index contributed by atoms with van der Waals surface area (Å²) in [5.74, 6) is 2.18. The highest BCUT2D eigenvalue weighted by atomic mass is 16.5. The average molecular weight is 449 g/mol. The summed E-state index contributed by atoms with van der Waals surface area (Å²) in [6.45, 7) is 4.37. The van der Waals surface area contributed by atoms with E-state index in [1.807, 2.05) is 24.3 Å². The fourth-order valence-electron chi connectivity index (χ4n) is 5.16. The maximum Gasteiger partial charge on any atom is 0.311 e. The number of hydrogen-bond donors (Lipinski definition) is 0. The Morgan fingerprint density at radius 1 is 0.727 bits per heavy atom. The molecule has 2 aromatic rings. The molecule has 0 radical (unpaired) electrons. The van der Waals surface area contributed by atoms with E-state index in [1.165, 1.54) is 81.8 Å². The number of benzene rings is 2. The summed E-state index contributed by atoms with van der Waals surface area (Å²) in [5, 5.41) is 0. The van der Waals surface area contributed by atoms with Crippen LogP contribution in [0.25, 0.3) is 11.1 Å². The lowest BCUT2D eigenvalue weighted by Gasteiger charge is -2.29. The van der Waals surface area contributed by atoms with Crippen molar-refractivity contribution in [3.05, 3.63) is 54.1 Å². The second-order valence-corrected chi connectivity index (χ2v) is 10.00. The van der Waals surface area contributed by atoms with Gasteiger partial charge in [-0.05, 0) is 72.8 Å². The monoisotopic (exact) mass is 448 g/mol. The van der Waals surface area contributed by atoms with Crippen molar-refractivity contribution in [1.82, 2.24) is 0 Å². The zero-order chi connectivity index (χ0) is 23.3. The molecule has 1 fully saturated rings. The van der Waals surface area contributed by atoms with Gasteiger partial charge < -0.3 is 4.74 Å². The number of esters is 1. The van der Waals surface area contributed by atoms with Gasteiger partial charge in [0.2, 0.25) is 0 Å². The summed E-state index contributed by atoms with van der Waals surface area (Å²) < 4.78 is 5.42. The van der Waals surface area contributed by atoms with Crippen molar-refractivity contribution in [3.63, 3.8) is 0 Å². The van der Waals surface area contributed by atoms with Crippen molar-refractivity contribution >= 4 is 5.97 Å². The van der Waals surface area contributed by atoms with Gasteiger partial charge in [0.15, 0.2) is 0 Å². The number of carbonyl (C=O) groups excluding carboxylic acids is 1. The number of unbranched alkanes of at least 4 members (excludes halogenated alkanes) is 6. The molecule has 2 heteroatoms. The molecule has 1 saturated carbocycles. The maximum absolute atomic E-state index is 11.8. The Morgan fingerprint density at radius 2 is 1.30 bits per heavy atom. The molecule has 3 rings (SSSR count). The largest absolute Gasteiger partial charge is 0.427 e. The van der Waals surface area contributed by atoms with Crippen LogP contribution in [0.1, 0.15) is 115 Å². The Hall–Kier alpha value is -2.09. The molecule has 0 atom stereocenters. The molecular formula is C31H44O2. The Morgan fingerprint density at radius 3 is 1.94 bits per heavy atom. The Labute approximate surface area is 202 Å². The smallest absolute Gasteiger partial charge is 0.311 e. The first kappa shape index (κ1) is 25.5. The predicted molar refractivity (Wildman–Crippen MR) is 140 cm³/mol. The third kappa shape index (κ3) is 8.65. The lowest BCUT2D eigenvalue weighted by Crippen LogP contribution is -2.13. The standard InChI is InChI=1S/C31H44O2/c1-3-5-7-8-9-10-11-25-13-15-26(16-14-25)27-17-19-28(20-18-27)29-21-23-30(24-22-29)33-31(32)12-6-4-2/h17-26H,3-16H2,1-2H3. The van der Waals surface area contributed by atoms with Crippen LogP contribution in [0.5, 0.6) is 5.75 Å². The Bertz CT molecular complexity index is 798. The molecule has 180 valence electrons. The summed E-state index contributed by atoms with van der Waals surface area (Å²) in [6.07, 6.45) is 17.8. The molecule has 1 aliphatic rings. The zero-order valence-corrected chi connectivity index (χ0v) is 21.0. The molecule has 0 saturated heterocycles. The molecule has 0 aromatic heterocycles. The molecule has 0 bridgehead atoms. The third-order valence-corrected chi connectivity index (χ3v) is 7.35. The van der Waals surface area contributed by atoms with Gasteiger partial charge in [0.25, 0.3) is 0 Å². The molecule has 0 aliphatic heterocycles. The van der Waals surface area contributed by atoms with Gasteiger partial charge >= 0.3 is 5.97 Å². The Kier molecular flexibility index (Phi) is 11.0. The molecule has 0 spiro atoms. The average Bonchev–Trinajstić information content (AvgIpc) is 2.86. The highest BCUT2D eigenvalue weighted by Gasteiger charge is 2.22. The minimum Gasteiger partial charge on any atom is -0.427 e. The summed E-state index contributed by atoms with van der Waals surface area (Å²) >= 11 is 0. The van der Waals surface area contributed by atoms with Crippen molar-refractivity contribution in [2.75, 3.05) is 0 Å². The van der Waals surface area contributed by atoms with Gasteiger partial charge in [-0.1, -0.05) is 102 Å². The molecule has 2 nitrogen and oxygen atoms in total. The van der Waals surface area contributed by atoms with E-state index in [-0.39, 0.29) is 5.97 Å². The summed E-state index contributed by atoms with van der Waals surface area (Å²) in [5.41, 5.74) is 3.88. The quantitative estimate of drug-likeness (QED) is 0.173. The minimum atomic E-state index is -0.143. The van der Waals surface area contributed by atoms with Crippen molar-refractivity contribution in [1.29, 1.82) is 0 Å². The summed E-state index contributed by atoms with van der Waals surface area (Å²) in [6, 6.07) is 17.0. The predicted octanol–water partition coefficient (Wildman–Crippen LogP) is 9.47. The number of ether oxygens (including phenoxy) is 1. The van der Waals surface area contributed by atoms with Crippen LogP contribution in [0.15, 0.2) is 48.5 Å². The first-order valence-electron chi connectivity index (χ1n) is 13.6. The maximum atomic E-state index is 11.8. The summed E-state index contributed by atoms with van der Waals surface area (Å²) in [4.78, 5) is 11.8. The second-order valence-electron chi connectivity index (χ2n) is 10.00. The van der Waals surface area contributed by atoms with Crippen molar-refractivity contribution in [3.8, 4) is 16.9 Å². The molecule has 0 N–H and O–H groups in total. The van der Waals surface area contributed by atoms with Gasteiger partial charge in [0, 0.05) is 6.42 Å². The van der Waals surface area contributed by atoms with Crippen LogP contribution in [-0.2, 0) is 4.79 Å². The van der Waals surface area contributed by atoms with Crippen LogP contribution >= 0.6 is 0 Å². The highest BCUT2D eigenvalue weighted by molar-refractivity contribution is 5.73. The van der Waals surface area contributed by atoms with E-state index in [0.29, 0.717) is 12.2 Å². The van der Waals surface area contributed by atoms with Gasteiger partial charge in [-0.25, -0.2) is 0 Å². The van der Waals surface area contributed by atoms with Crippen LogP contribution < -0.4 is 4.74 Å². The van der Waals surface area contributed by atoms with E-state index >= 15 is 0 Å². The molecule has 0 heterocycles. The minimum absolute atomic E-state index is 0.143. The Balaban J connectivity index is 1.42. The first-order chi connectivity index (χ1) is 16.2. The second kappa shape index (κ2) is 14.2. The van der Waals surface area contributed by atoms with Crippen LogP contribution in [-0.4, -0.2) is 5.97 Å². The van der Waals surface area contributed by atoms with Gasteiger partial charge in [-0.15, -0.1) is 0 Å². The molecule has 2 aromatic carbocycles. The van der Waals surface area contributed by atoms with Crippen molar-refractivity contribution in [2.45, 2.75) is 110 Å². The van der Waals surface area contributed by atoms with Crippen LogP contribution in [0.3, 0.4) is 0 Å². The highest BCUT2D eigenvalue weighted by Crippen LogP contribution is 2.38. The van der Waals surface area contributed by atoms with Crippen molar-refractivity contribution < 1.29 is 9.53 Å². The van der Waals surface area contributed by atoms with Crippen molar-refractivity contribution in [2.24, 2.45) is 5.92 Å². The van der Waals surface area contributed by atoms with E-state index in [4.69, 9.17) is 4.74 Å². The number of carbonyl (C=O) groups is 1. The first-order valence-corrected chi connectivity index (χ1v) is 13.6. The van der Waals surface area contributed by atoms with Gasteiger partial charge in [0.05, 0.1) is 0 Å². The fourth-order valence-corrected chi connectivity index (χ4v) is 5.16. The normalized spacial score (nSPS) is 18.2. The van der Waals surface area contributed by atoms with Gasteiger partial charge in [-0.2, -0.15) is 0 Å². The van der Waals surface area contributed by atoms with Crippen LogP contribution in [0.4, 0.5) is 0 Å². The SMILES string of the molecule is CCCCCCCCC1CCC(c2ccc(-c3ccc(OC(=O)CCCC)cc3)cc2)CC1. The molecular weight excluding hydrogens is 404 g/mol. The van der Waals surface area contributed by atoms with E-state index in [9.17, 15) is 4.79 Å². The molecule has 0 amide bonds. The molecule has 1 aliphatic carbocycles. The number of hydrogen-bond acceptors (Lipinski definition) is 2. The lowest BCUT2D eigenvalue weighted by molar-refractivity contribution is -0.134. The molecule has 33 heavy (non-hydrogen) atoms. The zero-order valence-electron chi connectivity index (χ0n) is 21.0. The third-order valence-electron chi connectivity index (χ3n) is 7.35. The summed E-state index contributed by atoms with van der Waals surface area (Å²) in [7, 11) is 0. The van der Waals surface area contributed by atoms with Gasteiger partial charge in [-0.3, -0.25) is 4.79 Å². The van der Waals surface area contributed by atoms with E-state index in [1.54, 1.807) is 0 Å². The van der Waals surface area contributed by atoms with Gasteiger partial charge in [0.1, 0.15) is 5.75 Å². The van der Waals surface area contributed by atoms with E-state index in [0.717, 1.165) is 30.2 Å². The van der Waals surface area contributed by atoms with E-state index < -0.39 is 0 Å². The van der Waals surface area contributed by atoms with E-state index in [2.05, 4.69) is 38.1 Å². The van der Waals surface area contributed by atoms with Crippen LogP contribution in [0, 0.1) is 5.92 Å². The lowest BCUT2D eigenvalue weighted by atomic mass is 9.77. The molecule has 0 unspecified atom stereocenters. The van der Waals surface area contributed by atoms with Crippen LogP contribution in [0.2, 0.25) is 0 Å².